The number of nitrogens with zero attached hydrogens (tertiary/aromatic N) is 4. The highest BCUT2D eigenvalue weighted by Gasteiger charge is 2.27. The number of para-hydroxylation sites is 2. The number of fused-ring (bicyclic) bond motifs is 4. The zero-order chi connectivity index (χ0) is 56.4. The second kappa shape index (κ2) is 19.4. The number of aryl methyl sites for hydroxylation is 2. The molecule has 346 valence electrons. The Balaban J connectivity index is 1.19. The maximum atomic E-state index is 9.29. The van der Waals surface area contributed by atoms with Gasteiger partial charge in [-0.25, -0.2) is 4.98 Å². The molecule has 0 aliphatic rings. The number of hydrogen-bond donors (Lipinski definition) is 0. The minimum Gasteiger partial charge on any atom is -0.457 e. The number of hydrogen-bond acceptors (Lipinski definition) is 2. The lowest BCUT2D eigenvalue weighted by molar-refractivity contribution is -0.566. The fourth-order valence-electron chi connectivity index (χ4n) is 9.70. The fourth-order valence-corrected chi connectivity index (χ4v) is 9.70. The fraction of sp³-hybridized carbons (Fsp3) is 0.250. The number of imidazole rings is 1. The number of ether oxygens (including phenoxy) is 1. The summed E-state index contributed by atoms with van der Waals surface area (Å²) in [5, 5.41) is 2.30. The van der Waals surface area contributed by atoms with Gasteiger partial charge in [0, 0.05) is 40.2 Å². The third kappa shape index (κ3) is 9.23. The van der Waals surface area contributed by atoms with Crippen LogP contribution in [0.4, 0.5) is 0 Å². The highest BCUT2D eigenvalue weighted by atomic mass is 16.5. The smallest absolute Gasteiger partial charge is 0.255 e. The van der Waals surface area contributed by atoms with Crippen LogP contribution in [0.5, 0.6) is 11.5 Å². The summed E-state index contributed by atoms with van der Waals surface area (Å²) in [6.07, 6.45) is 10.3. The molecule has 0 atom stereocenters. The average molecular weight is 916 g/mol. The van der Waals surface area contributed by atoms with Crippen LogP contribution in [0.15, 0.2) is 176 Å². The van der Waals surface area contributed by atoms with E-state index in [2.05, 4.69) is 81.7 Å². The molecule has 10 aromatic rings. The van der Waals surface area contributed by atoms with Crippen molar-refractivity contribution in [3.05, 3.63) is 198 Å². The monoisotopic (exact) mass is 916 g/mol. The Bertz CT molecular complexity index is 3890. The Morgan fingerprint density at radius 3 is 2.09 bits per heavy atom. The van der Waals surface area contributed by atoms with Crippen molar-refractivity contribution >= 4 is 32.8 Å². The SMILES string of the molecule is [2H]c1c([2H])c([2H])c(-c2cc(CC(C)C)cc(-c3c([2H])c([2H])c([2H])c([2H])c3[2H])c2-[n+]2cn(-c3cccc(Oc4cc5c(cc4CCC)c4cc(CCCCC)ccc4n5-c4cc(C(C)(C)C)ccn4)c3)c3ccccc32)c([2H])c1[2H]. The lowest BCUT2D eigenvalue weighted by Gasteiger charge is -2.20. The summed E-state index contributed by atoms with van der Waals surface area (Å²) in [5.74, 6) is 2.21. The van der Waals surface area contributed by atoms with Gasteiger partial charge < -0.3 is 4.74 Å². The zero-order valence-corrected chi connectivity index (χ0v) is 40.7. The van der Waals surface area contributed by atoms with Crippen molar-refractivity contribution in [1.82, 2.24) is 14.1 Å². The minimum atomic E-state index is -0.547. The first-order chi connectivity index (χ1) is 37.7. The van der Waals surface area contributed by atoms with E-state index in [4.69, 9.17) is 17.9 Å². The summed E-state index contributed by atoms with van der Waals surface area (Å²) in [4.78, 5) is 4.98. The van der Waals surface area contributed by atoms with Crippen molar-refractivity contribution in [2.75, 3.05) is 0 Å². The number of aromatic nitrogens is 4. The molecule has 5 nitrogen and oxygen atoms in total. The lowest BCUT2D eigenvalue weighted by atomic mass is 9.88. The highest BCUT2D eigenvalue weighted by Crippen LogP contribution is 2.41. The Labute approximate surface area is 422 Å². The highest BCUT2D eigenvalue weighted by molar-refractivity contribution is 6.10. The van der Waals surface area contributed by atoms with Gasteiger partial charge in [-0.1, -0.05) is 152 Å². The van der Waals surface area contributed by atoms with Crippen molar-refractivity contribution < 1.29 is 23.0 Å². The van der Waals surface area contributed by atoms with Crippen LogP contribution in [0.25, 0.3) is 72.3 Å². The number of pyridine rings is 1. The summed E-state index contributed by atoms with van der Waals surface area (Å²) in [5.41, 5.74) is 8.86. The Morgan fingerprint density at radius 2 is 1.39 bits per heavy atom. The van der Waals surface area contributed by atoms with Gasteiger partial charge in [0.15, 0.2) is 11.0 Å². The van der Waals surface area contributed by atoms with Crippen molar-refractivity contribution in [2.24, 2.45) is 5.92 Å². The maximum Gasteiger partial charge on any atom is 0.255 e. The molecule has 0 spiro atoms. The molecule has 0 saturated heterocycles. The summed E-state index contributed by atoms with van der Waals surface area (Å²) in [6, 6.07) is 29.7. The molecule has 0 aliphatic carbocycles. The van der Waals surface area contributed by atoms with E-state index in [1.807, 2.05) is 96.2 Å². The summed E-state index contributed by atoms with van der Waals surface area (Å²) in [6.45, 7) is 15.1. The first-order valence-electron chi connectivity index (χ1n) is 29.4. The molecule has 0 aliphatic heterocycles. The van der Waals surface area contributed by atoms with Crippen molar-refractivity contribution in [2.45, 2.75) is 98.8 Å². The molecule has 0 radical (unpaired) electrons. The van der Waals surface area contributed by atoms with Crippen molar-refractivity contribution in [1.29, 1.82) is 0 Å². The molecule has 0 bridgehead atoms. The molecular formula is C64H65N4O+. The van der Waals surface area contributed by atoms with Crippen LogP contribution in [-0.2, 0) is 24.7 Å². The maximum absolute atomic E-state index is 9.29. The molecule has 69 heavy (non-hydrogen) atoms. The van der Waals surface area contributed by atoms with E-state index in [-0.39, 0.29) is 39.3 Å². The standard InChI is InChI=1S/C64H65N4O/c1-8-10-13-22-45-31-32-57-55(36-45)56-39-49(21-9-2)61(42-60(56)68(57)62-40-50(33-34-65-62)64(5,6)7)69-52-28-20-27-51(41-52)66-43-67(59-30-19-18-29-58(59)66)63-53(47-23-14-11-15-24-47)37-46(35-44(3)4)38-54(63)48-25-16-12-17-26-48/h11-12,14-20,23-34,36-44H,8-10,13,21-22,35H2,1-7H3/q+1/i11D,12D,14D,15D,16D,17D,23D,24D,25D,26D. The zero-order valence-electron chi connectivity index (χ0n) is 50.7. The van der Waals surface area contributed by atoms with E-state index >= 15 is 0 Å². The normalized spacial score (nSPS) is 14.0. The summed E-state index contributed by atoms with van der Waals surface area (Å²) < 4.78 is 102. The number of unbranched alkanes of at least 4 members (excludes halogenated alkanes) is 2. The molecule has 0 amide bonds. The molecule has 7 aromatic carbocycles. The van der Waals surface area contributed by atoms with Gasteiger partial charge >= 0.3 is 0 Å². The Morgan fingerprint density at radius 1 is 0.667 bits per heavy atom. The summed E-state index contributed by atoms with van der Waals surface area (Å²) in [7, 11) is 0. The average Bonchev–Trinajstić information content (AvgIpc) is 4.15. The van der Waals surface area contributed by atoms with Crippen molar-refractivity contribution in [3.63, 3.8) is 0 Å². The van der Waals surface area contributed by atoms with Crippen LogP contribution < -0.4 is 9.30 Å². The van der Waals surface area contributed by atoms with Gasteiger partial charge in [0.05, 0.1) is 24.7 Å². The summed E-state index contributed by atoms with van der Waals surface area (Å²) >= 11 is 0. The van der Waals surface area contributed by atoms with E-state index in [1.165, 1.54) is 22.9 Å². The van der Waals surface area contributed by atoms with E-state index < -0.39 is 60.4 Å². The molecule has 0 saturated carbocycles. The van der Waals surface area contributed by atoms with Crippen LogP contribution in [-0.4, -0.2) is 14.1 Å². The first-order valence-corrected chi connectivity index (χ1v) is 24.4. The molecule has 5 heteroatoms. The topological polar surface area (TPSA) is 35.9 Å². The molecule has 0 fully saturated rings. The molecule has 3 heterocycles. The van der Waals surface area contributed by atoms with Gasteiger partial charge in [0.25, 0.3) is 6.33 Å². The van der Waals surface area contributed by atoms with E-state index in [0.29, 0.717) is 34.7 Å². The molecular weight excluding hydrogens is 841 g/mol. The number of benzene rings is 7. The Hall–Kier alpha value is -7.24. The predicted octanol–water partition coefficient (Wildman–Crippen LogP) is 16.7. The third-order valence-electron chi connectivity index (χ3n) is 13.0. The minimum absolute atomic E-state index is 0.0797. The molecule has 0 unspecified atom stereocenters. The van der Waals surface area contributed by atoms with E-state index in [1.54, 1.807) is 0 Å². The van der Waals surface area contributed by atoms with Gasteiger partial charge in [-0.05, 0) is 137 Å². The van der Waals surface area contributed by atoms with Crippen LogP contribution >= 0.6 is 0 Å². The molecule has 10 rings (SSSR count). The molecule has 3 aromatic heterocycles. The van der Waals surface area contributed by atoms with Gasteiger partial charge in [-0.15, -0.1) is 0 Å². The lowest BCUT2D eigenvalue weighted by Crippen LogP contribution is -2.31. The van der Waals surface area contributed by atoms with Gasteiger partial charge in [0.1, 0.15) is 28.7 Å². The van der Waals surface area contributed by atoms with Crippen LogP contribution in [0.3, 0.4) is 0 Å². The van der Waals surface area contributed by atoms with Gasteiger partial charge in [0.2, 0.25) is 0 Å². The first kappa shape index (κ1) is 35.0. The van der Waals surface area contributed by atoms with E-state index in [9.17, 15) is 5.48 Å². The van der Waals surface area contributed by atoms with Crippen molar-refractivity contribution in [3.8, 4) is 50.9 Å². The second-order valence-electron chi connectivity index (χ2n) is 19.6. The van der Waals surface area contributed by atoms with Crippen LogP contribution in [0, 0.1) is 5.92 Å². The second-order valence-corrected chi connectivity index (χ2v) is 19.6. The Kier molecular flexibility index (Phi) is 9.83. The van der Waals surface area contributed by atoms with Crippen LogP contribution in [0.2, 0.25) is 0 Å². The van der Waals surface area contributed by atoms with E-state index in [0.717, 1.165) is 65.4 Å². The van der Waals surface area contributed by atoms with Crippen LogP contribution in [0.1, 0.15) is 110 Å². The largest absolute Gasteiger partial charge is 0.457 e. The predicted molar refractivity (Wildman–Crippen MR) is 289 cm³/mol. The van der Waals surface area contributed by atoms with Gasteiger partial charge in [-0.2, -0.15) is 9.13 Å². The number of rotatable bonds is 15. The molecule has 0 N–H and O–H groups in total. The van der Waals surface area contributed by atoms with Gasteiger partial charge in [-0.3, -0.25) is 4.57 Å². The quantitative estimate of drug-likeness (QED) is 0.0759. The third-order valence-corrected chi connectivity index (χ3v) is 13.0.